The van der Waals surface area contributed by atoms with Crippen LogP contribution in [0.3, 0.4) is 0 Å². The van der Waals surface area contributed by atoms with Crippen molar-refractivity contribution in [3.05, 3.63) is 33.4 Å². The van der Waals surface area contributed by atoms with Gasteiger partial charge in [-0.15, -0.1) is 11.8 Å². The standard InChI is InChI=1S/C29H42IN7O7S/c30-19-8-5-7-18(15-19)26(40)34-17-24(38)35-21(29(43)44)10-2-4-13-37-25(39)16-22(28(37)42)45-14-6-11-23(33)36-27(41)20(32)9-1-3-12-31/h5,7-8,15,20-22H,1-4,6,9-14,16-17,31-32H2,(H,34,40)(H,35,38)(H,43,44)(H2,33,36,41)/t20-,21-,22?/m0/s1/i30-2. The van der Waals surface area contributed by atoms with Gasteiger partial charge in [0.2, 0.25) is 23.6 Å². The van der Waals surface area contributed by atoms with Gasteiger partial charge in [-0.2, -0.15) is 0 Å². The predicted octanol–water partition coefficient (Wildman–Crippen LogP) is 0.951. The van der Waals surface area contributed by atoms with Gasteiger partial charge in [-0.3, -0.25) is 34.3 Å². The number of rotatable bonds is 20. The Kier molecular flexibility index (Phi) is 17.0. The molecule has 0 spiro atoms. The van der Waals surface area contributed by atoms with Crippen LogP contribution in [0.5, 0.6) is 0 Å². The Morgan fingerprint density at radius 2 is 1.84 bits per heavy atom. The number of nitrogens with zero attached hydrogens (tertiary/aromatic N) is 1. The number of carboxylic acids is 1. The number of benzene rings is 1. The van der Waals surface area contributed by atoms with Gasteiger partial charge < -0.3 is 32.5 Å². The molecule has 0 aliphatic carbocycles. The highest BCUT2D eigenvalue weighted by molar-refractivity contribution is 14.1. The number of aliphatic carboxylic acids is 1. The van der Waals surface area contributed by atoms with Crippen LogP contribution >= 0.6 is 34.4 Å². The maximum absolute atomic E-state index is 12.8. The summed E-state index contributed by atoms with van der Waals surface area (Å²) in [6.07, 6.45) is 3.69. The molecule has 16 heteroatoms. The molecule has 45 heavy (non-hydrogen) atoms. The van der Waals surface area contributed by atoms with Gasteiger partial charge in [-0.1, -0.05) is 12.5 Å². The molecule has 1 heterocycles. The van der Waals surface area contributed by atoms with Crippen molar-refractivity contribution >= 4 is 75.7 Å². The number of carbonyl (C=O) groups excluding carboxylic acids is 5. The number of nitrogens with two attached hydrogens (primary N) is 2. The Morgan fingerprint density at radius 3 is 2.53 bits per heavy atom. The summed E-state index contributed by atoms with van der Waals surface area (Å²) in [5.41, 5.74) is 11.7. The molecule has 0 aromatic heterocycles. The summed E-state index contributed by atoms with van der Waals surface area (Å²) in [4.78, 5) is 74.6. The minimum atomic E-state index is -1.23. The van der Waals surface area contributed by atoms with Gasteiger partial charge in [0.15, 0.2) is 0 Å². The molecular formula is C29H42IN7O7S. The summed E-state index contributed by atoms with van der Waals surface area (Å²) in [7, 11) is 0. The topological polar surface area (TPSA) is 238 Å². The van der Waals surface area contributed by atoms with Crippen LogP contribution in [0.15, 0.2) is 24.3 Å². The van der Waals surface area contributed by atoms with Crippen molar-refractivity contribution in [1.82, 2.24) is 20.9 Å². The van der Waals surface area contributed by atoms with Crippen molar-refractivity contribution in [2.24, 2.45) is 11.5 Å². The highest BCUT2D eigenvalue weighted by Gasteiger charge is 2.38. The van der Waals surface area contributed by atoms with Crippen LogP contribution in [0.1, 0.15) is 68.1 Å². The third kappa shape index (κ3) is 13.8. The van der Waals surface area contributed by atoms with Gasteiger partial charge in [0, 0.05) is 28.5 Å². The smallest absolute Gasteiger partial charge is 0.326 e. The van der Waals surface area contributed by atoms with E-state index in [-0.39, 0.29) is 43.6 Å². The van der Waals surface area contributed by atoms with Crippen LogP contribution in [-0.2, 0) is 24.0 Å². The van der Waals surface area contributed by atoms with Crippen molar-refractivity contribution in [1.29, 1.82) is 5.41 Å². The Hall–Kier alpha value is -3.09. The van der Waals surface area contributed by atoms with Crippen molar-refractivity contribution < 1.29 is 33.9 Å². The average Bonchev–Trinajstić information content (AvgIpc) is 3.26. The fourth-order valence-electron chi connectivity index (χ4n) is 4.45. The number of halogens is 1. The van der Waals surface area contributed by atoms with Crippen LogP contribution < -0.4 is 27.4 Å². The van der Waals surface area contributed by atoms with Crippen LogP contribution in [0, 0.1) is 8.98 Å². The van der Waals surface area contributed by atoms with E-state index in [9.17, 15) is 33.9 Å². The Labute approximate surface area is 280 Å². The molecule has 0 radical (unpaired) electrons. The van der Waals surface area contributed by atoms with Crippen molar-refractivity contribution in [3.63, 3.8) is 0 Å². The lowest BCUT2D eigenvalue weighted by Gasteiger charge is -2.17. The molecule has 0 bridgehead atoms. The number of thioether (sulfide) groups is 1. The summed E-state index contributed by atoms with van der Waals surface area (Å²) in [6, 6.07) is 4.91. The van der Waals surface area contributed by atoms with Crippen molar-refractivity contribution in [2.45, 2.75) is 75.1 Å². The van der Waals surface area contributed by atoms with E-state index >= 15 is 0 Å². The van der Waals surface area contributed by atoms with Gasteiger partial charge in [0.1, 0.15) is 6.04 Å². The number of carboxylic acid groups (broad SMARTS) is 1. The fourth-order valence-corrected chi connectivity index (χ4v) is 6.12. The highest BCUT2D eigenvalue weighted by Crippen LogP contribution is 2.26. The second kappa shape index (κ2) is 20.1. The molecule has 1 saturated heterocycles. The molecule has 1 aliphatic rings. The van der Waals surface area contributed by atoms with Crippen LogP contribution in [-0.4, -0.2) is 94.1 Å². The first-order chi connectivity index (χ1) is 21.4. The molecule has 1 aliphatic heterocycles. The lowest BCUT2D eigenvalue weighted by atomic mass is 10.1. The van der Waals surface area contributed by atoms with Crippen molar-refractivity contribution in [2.75, 3.05) is 25.4 Å². The van der Waals surface area contributed by atoms with Gasteiger partial charge in [-0.25, -0.2) is 4.79 Å². The van der Waals surface area contributed by atoms with E-state index < -0.39 is 41.0 Å². The SMILES string of the molecule is N=C(CCCSC1CC(=O)N(CCCC[C@H](NC(=O)CNC(=O)c2cccc([125I])c2)C(=O)O)C1=O)NC(=O)[C@@H](N)CCCCN. The number of imide groups is 1. The molecule has 2 rings (SSSR count). The van der Waals surface area contributed by atoms with Gasteiger partial charge >= 0.3 is 5.97 Å². The number of likely N-dealkylation sites (tertiary alicyclic amines) is 1. The summed E-state index contributed by atoms with van der Waals surface area (Å²) in [5, 5.41) is 24.3. The van der Waals surface area contributed by atoms with Crippen LogP contribution in [0.25, 0.3) is 0 Å². The van der Waals surface area contributed by atoms with E-state index in [4.69, 9.17) is 16.9 Å². The normalized spacial score (nSPS) is 15.8. The summed E-state index contributed by atoms with van der Waals surface area (Å²) >= 11 is 3.39. The molecule has 1 unspecified atom stereocenters. The predicted molar refractivity (Wildman–Crippen MR) is 178 cm³/mol. The third-order valence-corrected chi connectivity index (χ3v) is 8.89. The monoisotopic (exact) mass is 757 g/mol. The largest absolute Gasteiger partial charge is 0.480 e. The Morgan fingerprint density at radius 1 is 1.11 bits per heavy atom. The van der Waals surface area contributed by atoms with Crippen molar-refractivity contribution in [3.8, 4) is 0 Å². The number of amides is 5. The van der Waals surface area contributed by atoms with E-state index in [0.717, 1.165) is 16.4 Å². The van der Waals surface area contributed by atoms with Gasteiger partial charge in [0.05, 0.1) is 23.7 Å². The van der Waals surface area contributed by atoms with Crippen LogP contribution in [0.4, 0.5) is 0 Å². The summed E-state index contributed by atoms with van der Waals surface area (Å²) in [6.45, 7) is 0.287. The molecule has 1 aromatic carbocycles. The molecular weight excluding hydrogens is 715 g/mol. The minimum absolute atomic E-state index is 0.0490. The fraction of sp³-hybridized carbons (Fsp3) is 0.552. The van der Waals surface area contributed by atoms with Gasteiger partial charge in [0.25, 0.3) is 5.91 Å². The van der Waals surface area contributed by atoms with E-state index in [0.29, 0.717) is 50.0 Å². The second-order valence-electron chi connectivity index (χ2n) is 10.6. The van der Waals surface area contributed by atoms with Gasteiger partial charge in [-0.05, 0) is 91.6 Å². The zero-order chi connectivity index (χ0) is 33.4. The molecule has 9 N–H and O–H groups in total. The average molecular weight is 758 g/mol. The zero-order valence-electron chi connectivity index (χ0n) is 25.0. The molecule has 1 aromatic rings. The second-order valence-corrected chi connectivity index (χ2v) is 13.1. The number of amidine groups is 1. The maximum Gasteiger partial charge on any atom is 0.326 e. The Bertz CT molecular complexity index is 1240. The Balaban J connectivity index is 1.66. The molecule has 0 saturated carbocycles. The zero-order valence-corrected chi connectivity index (χ0v) is 28.0. The number of nitrogens with one attached hydrogen (secondary N) is 4. The first-order valence-electron chi connectivity index (χ1n) is 14.8. The molecule has 3 atom stereocenters. The molecule has 14 nitrogen and oxygen atoms in total. The molecule has 1 fully saturated rings. The quantitative estimate of drug-likeness (QED) is 0.0327. The molecule has 248 valence electrons. The minimum Gasteiger partial charge on any atom is -0.480 e. The lowest BCUT2D eigenvalue weighted by Crippen LogP contribution is -2.45. The maximum atomic E-state index is 12.8. The summed E-state index contributed by atoms with van der Waals surface area (Å²) < 4.78 is 0.856. The van der Waals surface area contributed by atoms with E-state index in [2.05, 4.69) is 38.5 Å². The third-order valence-electron chi connectivity index (χ3n) is 6.93. The lowest BCUT2D eigenvalue weighted by molar-refractivity contribution is -0.142. The summed E-state index contributed by atoms with van der Waals surface area (Å²) in [5.74, 6) is -2.77. The first-order valence-corrected chi connectivity index (χ1v) is 16.9. The van der Waals surface area contributed by atoms with E-state index in [1.807, 2.05) is 6.07 Å². The highest BCUT2D eigenvalue weighted by atomic mass is 125. The number of carbonyl (C=O) groups is 6. The number of unbranched alkanes of at least 4 members (excludes halogenated alkanes) is 2. The van der Waals surface area contributed by atoms with E-state index in [1.165, 1.54) is 16.7 Å². The number of hydrogen-bond donors (Lipinski definition) is 7. The van der Waals surface area contributed by atoms with Crippen LogP contribution in [0.2, 0.25) is 0 Å². The number of hydrogen-bond acceptors (Lipinski definition) is 10. The first kappa shape index (κ1) is 38.1. The molecule has 5 amide bonds. The van der Waals surface area contributed by atoms with E-state index in [1.54, 1.807) is 18.2 Å².